The molecule has 0 heterocycles. The lowest BCUT2D eigenvalue weighted by molar-refractivity contribution is -0.133. The van der Waals surface area contributed by atoms with Crippen LogP contribution in [0.1, 0.15) is 47.0 Å². The van der Waals surface area contributed by atoms with Gasteiger partial charge < -0.3 is 10.6 Å². The molecule has 0 bridgehead atoms. The second kappa shape index (κ2) is 5.67. The van der Waals surface area contributed by atoms with Gasteiger partial charge >= 0.3 is 0 Å². The van der Waals surface area contributed by atoms with Crippen LogP contribution < -0.4 is 5.73 Å². The minimum atomic E-state index is -0.00652. The predicted octanol–water partition coefficient (Wildman–Crippen LogP) is 2.01. The molecule has 0 aromatic rings. The normalized spacial score (nSPS) is 17.9. The lowest BCUT2D eigenvalue weighted by Crippen LogP contribution is -2.42. The lowest BCUT2D eigenvalue weighted by Gasteiger charge is -2.28. The van der Waals surface area contributed by atoms with Crippen molar-refractivity contribution in [2.75, 3.05) is 6.54 Å². The molecule has 0 spiro atoms. The molecule has 1 atom stereocenters. The molecule has 0 aliphatic heterocycles. The third kappa shape index (κ3) is 4.12. The maximum atomic E-state index is 12.1. The fraction of sp³-hybridized carbons (Fsp3) is 0.923. The summed E-state index contributed by atoms with van der Waals surface area (Å²) in [5.74, 6) is 1.35. The molecule has 3 nitrogen and oxygen atoms in total. The highest BCUT2D eigenvalue weighted by Gasteiger charge is 2.28. The molecule has 2 N–H and O–H groups in total. The molecule has 1 fully saturated rings. The highest BCUT2D eigenvalue weighted by atomic mass is 16.2. The number of hydrogen-bond acceptors (Lipinski definition) is 2. The largest absolute Gasteiger partial charge is 0.340 e. The molecular weight excluding hydrogens is 200 g/mol. The van der Waals surface area contributed by atoms with Gasteiger partial charge in [-0.1, -0.05) is 13.8 Å². The van der Waals surface area contributed by atoms with Gasteiger partial charge in [0.05, 0.1) is 0 Å². The van der Waals surface area contributed by atoms with E-state index >= 15 is 0 Å². The molecule has 1 saturated carbocycles. The van der Waals surface area contributed by atoms with E-state index in [1.54, 1.807) is 0 Å². The molecule has 16 heavy (non-hydrogen) atoms. The third-order valence-electron chi connectivity index (χ3n) is 3.36. The summed E-state index contributed by atoms with van der Waals surface area (Å²) in [5, 5.41) is 0. The van der Waals surface area contributed by atoms with E-state index in [0.717, 1.165) is 12.5 Å². The molecule has 1 unspecified atom stereocenters. The monoisotopic (exact) mass is 226 g/mol. The first-order chi connectivity index (χ1) is 7.41. The van der Waals surface area contributed by atoms with Crippen LogP contribution in [0.2, 0.25) is 0 Å². The Morgan fingerprint density at radius 2 is 1.88 bits per heavy atom. The summed E-state index contributed by atoms with van der Waals surface area (Å²) >= 11 is 0. The van der Waals surface area contributed by atoms with Gasteiger partial charge in [0.1, 0.15) is 0 Å². The van der Waals surface area contributed by atoms with Crippen LogP contribution in [0.15, 0.2) is 0 Å². The van der Waals surface area contributed by atoms with Gasteiger partial charge in [0, 0.05) is 25.0 Å². The summed E-state index contributed by atoms with van der Waals surface area (Å²) in [6, 6.07) is 0.292. The molecule has 94 valence electrons. The summed E-state index contributed by atoms with van der Waals surface area (Å²) in [4.78, 5) is 14.1. The average molecular weight is 226 g/mol. The third-order valence-corrected chi connectivity index (χ3v) is 3.36. The van der Waals surface area contributed by atoms with Crippen LogP contribution in [-0.2, 0) is 4.79 Å². The Bertz CT molecular complexity index is 234. The van der Waals surface area contributed by atoms with Crippen LogP contribution in [0.5, 0.6) is 0 Å². The van der Waals surface area contributed by atoms with E-state index < -0.39 is 0 Å². The second-order valence-electron chi connectivity index (χ2n) is 5.70. The zero-order chi connectivity index (χ0) is 12.3. The van der Waals surface area contributed by atoms with E-state index in [9.17, 15) is 4.79 Å². The highest BCUT2D eigenvalue weighted by molar-refractivity contribution is 5.77. The zero-order valence-electron chi connectivity index (χ0n) is 11.1. The fourth-order valence-corrected chi connectivity index (χ4v) is 1.73. The van der Waals surface area contributed by atoms with Crippen LogP contribution >= 0.6 is 0 Å². The maximum Gasteiger partial charge on any atom is 0.224 e. The van der Waals surface area contributed by atoms with Crippen LogP contribution in [-0.4, -0.2) is 29.4 Å². The van der Waals surface area contributed by atoms with Crippen molar-refractivity contribution in [1.82, 2.24) is 4.90 Å². The van der Waals surface area contributed by atoms with E-state index in [-0.39, 0.29) is 11.9 Å². The summed E-state index contributed by atoms with van der Waals surface area (Å²) < 4.78 is 0. The molecule has 0 aromatic carbocycles. The number of hydrogen-bond donors (Lipinski definition) is 1. The Kier molecular flexibility index (Phi) is 4.78. The summed E-state index contributed by atoms with van der Waals surface area (Å²) in [5.41, 5.74) is 5.95. The van der Waals surface area contributed by atoms with E-state index in [1.807, 2.05) is 4.90 Å². The predicted molar refractivity (Wildman–Crippen MR) is 67.0 cm³/mol. The Balaban J connectivity index is 2.46. The minimum absolute atomic E-state index is 0.00652. The van der Waals surface area contributed by atoms with Crippen molar-refractivity contribution in [3.05, 3.63) is 0 Å². The molecule has 1 rings (SSSR count). The summed E-state index contributed by atoms with van der Waals surface area (Å²) in [6.45, 7) is 9.24. The van der Waals surface area contributed by atoms with Crippen molar-refractivity contribution in [2.45, 2.75) is 59.0 Å². The number of carbonyl (C=O) groups excluding carboxylic acids is 1. The summed E-state index contributed by atoms with van der Waals surface area (Å²) in [7, 11) is 0. The SMILES string of the molecule is CC(C)C(N)CC(=O)N(CC1CC1)C(C)C. The van der Waals surface area contributed by atoms with Crippen LogP contribution in [0.4, 0.5) is 0 Å². The van der Waals surface area contributed by atoms with Crippen LogP contribution in [0.25, 0.3) is 0 Å². The van der Waals surface area contributed by atoms with Gasteiger partial charge in [0.25, 0.3) is 0 Å². The molecule has 1 aliphatic rings. The first-order valence-corrected chi connectivity index (χ1v) is 6.46. The lowest BCUT2D eigenvalue weighted by atomic mass is 10.0. The van der Waals surface area contributed by atoms with Crippen molar-refractivity contribution in [1.29, 1.82) is 0 Å². The number of amides is 1. The van der Waals surface area contributed by atoms with Crippen molar-refractivity contribution in [3.63, 3.8) is 0 Å². The van der Waals surface area contributed by atoms with Gasteiger partial charge in [0.15, 0.2) is 0 Å². The van der Waals surface area contributed by atoms with Crippen LogP contribution in [0, 0.1) is 11.8 Å². The molecule has 3 heteroatoms. The van der Waals surface area contributed by atoms with Gasteiger partial charge in [-0.25, -0.2) is 0 Å². The van der Waals surface area contributed by atoms with Gasteiger partial charge in [-0.2, -0.15) is 0 Å². The van der Waals surface area contributed by atoms with Crippen molar-refractivity contribution in [2.24, 2.45) is 17.6 Å². The van der Waals surface area contributed by atoms with E-state index in [0.29, 0.717) is 18.4 Å². The van der Waals surface area contributed by atoms with E-state index in [1.165, 1.54) is 12.8 Å². The Morgan fingerprint density at radius 1 is 1.31 bits per heavy atom. The first kappa shape index (κ1) is 13.5. The molecule has 1 amide bonds. The topological polar surface area (TPSA) is 46.3 Å². The van der Waals surface area contributed by atoms with Crippen LogP contribution in [0.3, 0.4) is 0 Å². The quantitative estimate of drug-likeness (QED) is 0.753. The zero-order valence-corrected chi connectivity index (χ0v) is 11.1. The van der Waals surface area contributed by atoms with Crippen molar-refractivity contribution in [3.8, 4) is 0 Å². The molecular formula is C13H26N2O. The van der Waals surface area contributed by atoms with Gasteiger partial charge in [0.2, 0.25) is 5.91 Å². The number of nitrogens with zero attached hydrogens (tertiary/aromatic N) is 1. The number of carbonyl (C=O) groups is 1. The Morgan fingerprint density at radius 3 is 2.25 bits per heavy atom. The van der Waals surface area contributed by atoms with E-state index in [2.05, 4.69) is 27.7 Å². The Labute approximate surface area is 99.4 Å². The highest BCUT2D eigenvalue weighted by Crippen LogP contribution is 2.30. The molecule has 0 saturated heterocycles. The van der Waals surface area contributed by atoms with Crippen molar-refractivity contribution < 1.29 is 4.79 Å². The smallest absolute Gasteiger partial charge is 0.224 e. The number of nitrogens with two attached hydrogens (primary N) is 1. The van der Waals surface area contributed by atoms with Gasteiger partial charge in [-0.15, -0.1) is 0 Å². The van der Waals surface area contributed by atoms with E-state index in [4.69, 9.17) is 5.73 Å². The van der Waals surface area contributed by atoms with Gasteiger partial charge in [-0.05, 0) is 38.5 Å². The maximum absolute atomic E-state index is 12.1. The minimum Gasteiger partial charge on any atom is -0.340 e. The molecule has 0 radical (unpaired) electrons. The molecule has 0 aromatic heterocycles. The first-order valence-electron chi connectivity index (χ1n) is 6.46. The van der Waals surface area contributed by atoms with Crippen molar-refractivity contribution >= 4 is 5.91 Å². The second-order valence-corrected chi connectivity index (χ2v) is 5.70. The van der Waals surface area contributed by atoms with Gasteiger partial charge in [-0.3, -0.25) is 4.79 Å². The molecule has 1 aliphatic carbocycles. The summed E-state index contributed by atoms with van der Waals surface area (Å²) in [6.07, 6.45) is 3.06. The average Bonchev–Trinajstić information content (AvgIpc) is 2.96. The number of rotatable bonds is 6. The standard InChI is InChI=1S/C13H26N2O/c1-9(2)12(14)7-13(16)15(10(3)4)8-11-5-6-11/h9-12H,5-8,14H2,1-4H3. The fourth-order valence-electron chi connectivity index (χ4n) is 1.73. The Hall–Kier alpha value is -0.570.